The number of rotatable bonds is 0. The predicted octanol–water partition coefficient (Wildman–Crippen LogP) is 0.182. The zero-order chi connectivity index (χ0) is 6.53. The zero-order valence-electron chi connectivity index (χ0n) is 7.32. The van der Waals surface area contributed by atoms with Crippen molar-refractivity contribution in [3.8, 4) is 0 Å². The molecule has 0 bridgehead atoms. The summed E-state index contributed by atoms with van der Waals surface area (Å²) in [5.41, 5.74) is 0. The molecule has 0 aliphatic heterocycles. The molecule has 1 rings (SSSR count). The van der Waals surface area contributed by atoms with Crippen molar-refractivity contribution in [2.75, 3.05) is 0 Å². The van der Waals surface area contributed by atoms with Crippen molar-refractivity contribution in [2.24, 2.45) is 5.92 Å². The first kappa shape index (κ1) is 14.7. The zero-order valence-corrected chi connectivity index (χ0v) is 13.6. The van der Waals surface area contributed by atoms with E-state index in [1.54, 1.807) is 0 Å². The van der Waals surface area contributed by atoms with Gasteiger partial charge < -0.3 is 12.4 Å². The molecule has 1 saturated carbocycles. The van der Waals surface area contributed by atoms with E-state index in [0.717, 1.165) is 5.92 Å². The smallest absolute Gasteiger partial charge is 1.00 e. The van der Waals surface area contributed by atoms with Gasteiger partial charge in [-0.1, -0.05) is 51.9 Å². The Morgan fingerprint density at radius 3 is 1.64 bits per heavy atom. The van der Waals surface area contributed by atoms with Gasteiger partial charge in [0, 0.05) is 0 Å². The van der Waals surface area contributed by atoms with Crippen molar-refractivity contribution in [1.82, 2.24) is 0 Å². The summed E-state index contributed by atoms with van der Waals surface area (Å²) < 4.78 is 0. The molecule has 2 heteroatoms. The van der Waals surface area contributed by atoms with Gasteiger partial charge in [-0.3, -0.25) is 0 Å². The Hall–Kier alpha value is 1.23. The van der Waals surface area contributed by atoms with Crippen LogP contribution in [-0.4, -0.2) is 0 Å². The molecule has 0 heterocycles. The van der Waals surface area contributed by atoms with Gasteiger partial charge in [-0.2, -0.15) is 0 Å². The van der Waals surface area contributed by atoms with E-state index in [4.69, 9.17) is 0 Å². The van der Waals surface area contributed by atoms with Gasteiger partial charge in [0.1, 0.15) is 0 Å². The van der Waals surface area contributed by atoms with E-state index in [9.17, 15) is 0 Å². The third-order valence-electron chi connectivity index (χ3n) is 2.22. The molecule has 1 aliphatic carbocycles. The van der Waals surface area contributed by atoms with Crippen molar-refractivity contribution >= 4 is 0 Å². The molecule has 1 aliphatic rings. The second-order valence-electron chi connectivity index (χ2n) is 3.21. The first-order chi connectivity index (χ1) is 4.39. The van der Waals surface area contributed by atoms with Crippen LogP contribution in [0.15, 0.2) is 0 Å². The Morgan fingerprint density at radius 2 is 1.18 bits per heavy atom. The minimum absolute atomic E-state index is 0. The second-order valence-corrected chi connectivity index (χ2v) is 3.21. The number of hydrogen-bond donors (Lipinski definition) is 0. The molecular formula is C9H17ClHg. The van der Waals surface area contributed by atoms with E-state index in [2.05, 4.69) is 6.92 Å². The molecule has 0 nitrogen and oxygen atoms in total. The molecule has 1 fully saturated rings. The van der Waals surface area contributed by atoms with E-state index in [1.165, 1.54) is 44.9 Å². The maximum atomic E-state index is 4.10. The van der Waals surface area contributed by atoms with Crippen molar-refractivity contribution in [1.29, 1.82) is 0 Å². The largest absolute Gasteiger partial charge is 1.00 e. The molecule has 0 spiro atoms. The summed E-state index contributed by atoms with van der Waals surface area (Å²) in [5, 5.41) is 0. The van der Waals surface area contributed by atoms with Gasteiger partial charge in [0.05, 0.1) is 0 Å². The Kier molecular flexibility index (Phi) is 12.5. The quantitative estimate of drug-likeness (QED) is 0.541. The first-order valence-corrected chi connectivity index (χ1v) is 4.22. The molecule has 0 N–H and O–H groups in total. The Bertz CT molecular complexity index is 68.0. The van der Waals surface area contributed by atoms with Crippen LogP contribution in [0.4, 0.5) is 0 Å². The van der Waals surface area contributed by atoms with Gasteiger partial charge in [-0.25, -0.2) is 0 Å². The SMILES string of the molecule is [CH2]C1CCCCCCC1.[Cl-].[Hg+]. The summed E-state index contributed by atoms with van der Waals surface area (Å²) in [6.45, 7) is 4.10. The molecule has 2 radical (unpaired) electrons. The summed E-state index contributed by atoms with van der Waals surface area (Å²) >= 11 is 0. The van der Waals surface area contributed by atoms with Gasteiger partial charge in [0.15, 0.2) is 0 Å². The summed E-state index contributed by atoms with van der Waals surface area (Å²) in [6, 6.07) is 0. The Balaban J connectivity index is 0. The molecule has 0 atom stereocenters. The van der Waals surface area contributed by atoms with Crippen LogP contribution in [0.1, 0.15) is 44.9 Å². The fourth-order valence-corrected chi connectivity index (χ4v) is 1.54. The van der Waals surface area contributed by atoms with Crippen LogP contribution in [-0.2, 0) is 27.7 Å². The van der Waals surface area contributed by atoms with E-state index in [1.807, 2.05) is 0 Å². The summed E-state index contributed by atoms with van der Waals surface area (Å²) in [6.07, 6.45) is 9.97. The van der Waals surface area contributed by atoms with Gasteiger partial charge in [0.25, 0.3) is 0 Å². The number of hydrogen-bond acceptors (Lipinski definition) is 0. The molecular weight excluding hydrogens is 344 g/mol. The van der Waals surface area contributed by atoms with Crippen LogP contribution in [0.25, 0.3) is 0 Å². The van der Waals surface area contributed by atoms with Crippen LogP contribution < -0.4 is 12.4 Å². The average molecular weight is 361 g/mol. The van der Waals surface area contributed by atoms with Crippen LogP contribution >= 0.6 is 0 Å². The molecule has 0 saturated heterocycles. The molecule has 0 unspecified atom stereocenters. The summed E-state index contributed by atoms with van der Waals surface area (Å²) in [7, 11) is 0. The maximum absolute atomic E-state index is 4.10. The Morgan fingerprint density at radius 1 is 0.818 bits per heavy atom. The van der Waals surface area contributed by atoms with E-state index < -0.39 is 0 Å². The average Bonchev–Trinajstić information content (AvgIpc) is 1.79. The molecule has 0 aromatic carbocycles. The maximum Gasteiger partial charge on any atom is 1.00 e. The minimum Gasteiger partial charge on any atom is -1.00 e. The molecule has 11 heavy (non-hydrogen) atoms. The van der Waals surface area contributed by atoms with Crippen molar-refractivity contribution in [3.63, 3.8) is 0 Å². The topological polar surface area (TPSA) is 0 Å². The Labute approximate surface area is 97.4 Å². The molecule has 0 aromatic heterocycles. The normalized spacial score (nSPS) is 20.5. The summed E-state index contributed by atoms with van der Waals surface area (Å²) in [5.74, 6) is 0.769. The molecule has 0 amide bonds. The van der Waals surface area contributed by atoms with Gasteiger partial charge in [-0.05, 0) is 5.92 Å². The first-order valence-electron chi connectivity index (χ1n) is 4.22. The van der Waals surface area contributed by atoms with Crippen molar-refractivity contribution < 1.29 is 40.1 Å². The summed E-state index contributed by atoms with van der Waals surface area (Å²) in [4.78, 5) is 0. The molecule has 62 valence electrons. The fourth-order valence-electron chi connectivity index (χ4n) is 1.54. The third-order valence-corrected chi connectivity index (χ3v) is 2.22. The van der Waals surface area contributed by atoms with Crippen LogP contribution in [0.5, 0.6) is 0 Å². The predicted molar refractivity (Wildman–Crippen MR) is 41.2 cm³/mol. The molecule has 0 aromatic rings. The number of halogens is 1. The van der Waals surface area contributed by atoms with Gasteiger partial charge in [0.2, 0.25) is 0 Å². The monoisotopic (exact) mass is 362 g/mol. The van der Waals surface area contributed by atoms with Crippen LogP contribution in [0, 0.1) is 12.8 Å². The standard InChI is InChI=1S/C9H17.ClH.Hg/c1-9-7-5-3-2-4-6-8-9;;/h9H,1-8H2;1H;/q;;+1/p-1. The van der Waals surface area contributed by atoms with Crippen LogP contribution in [0.3, 0.4) is 0 Å². The van der Waals surface area contributed by atoms with E-state index >= 15 is 0 Å². The fraction of sp³-hybridized carbons (Fsp3) is 0.889. The minimum atomic E-state index is 0. The van der Waals surface area contributed by atoms with Crippen molar-refractivity contribution in [3.05, 3.63) is 6.92 Å². The second kappa shape index (κ2) is 9.31. The van der Waals surface area contributed by atoms with Crippen LogP contribution in [0.2, 0.25) is 0 Å². The van der Waals surface area contributed by atoms with Crippen molar-refractivity contribution in [2.45, 2.75) is 44.9 Å². The third kappa shape index (κ3) is 7.58. The van der Waals surface area contributed by atoms with E-state index in [-0.39, 0.29) is 40.1 Å². The van der Waals surface area contributed by atoms with Gasteiger partial charge >= 0.3 is 27.7 Å². The van der Waals surface area contributed by atoms with E-state index in [0.29, 0.717) is 0 Å². The van der Waals surface area contributed by atoms with Gasteiger partial charge in [-0.15, -0.1) is 0 Å².